The quantitative estimate of drug-likeness (QED) is 0.858. The lowest BCUT2D eigenvalue weighted by molar-refractivity contribution is 0.0798. The van der Waals surface area contributed by atoms with Gasteiger partial charge in [-0.1, -0.05) is 18.2 Å². The van der Waals surface area contributed by atoms with Crippen molar-refractivity contribution >= 4 is 10.9 Å². The molecule has 1 aromatic heterocycles. The van der Waals surface area contributed by atoms with Crippen LogP contribution in [0.2, 0.25) is 0 Å². The van der Waals surface area contributed by atoms with Crippen LogP contribution in [0, 0.1) is 5.92 Å². The predicted octanol–water partition coefficient (Wildman–Crippen LogP) is 3.28. The van der Waals surface area contributed by atoms with Gasteiger partial charge < -0.3 is 9.67 Å². The summed E-state index contributed by atoms with van der Waals surface area (Å²) in [6.45, 7) is 4.81. The number of hydrogen-bond acceptors (Lipinski definition) is 1. The van der Waals surface area contributed by atoms with Gasteiger partial charge in [0.15, 0.2) is 0 Å². The molecule has 0 unspecified atom stereocenters. The van der Waals surface area contributed by atoms with Crippen LogP contribution in [0.25, 0.3) is 10.9 Å². The Bertz CT molecular complexity index is 544. The smallest absolute Gasteiger partial charge is 0.0860 e. The molecule has 90 valence electrons. The molecule has 1 aliphatic carbocycles. The highest BCUT2D eigenvalue weighted by molar-refractivity contribution is 5.84. The Labute approximate surface area is 102 Å². The van der Waals surface area contributed by atoms with Crippen molar-refractivity contribution in [2.75, 3.05) is 0 Å². The first-order chi connectivity index (χ1) is 8.05. The molecule has 1 N–H and O–H groups in total. The second-order valence-electron chi connectivity index (χ2n) is 5.71. The van der Waals surface area contributed by atoms with Gasteiger partial charge in [-0.05, 0) is 44.1 Å². The lowest BCUT2D eigenvalue weighted by atomic mass is 9.96. The van der Waals surface area contributed by atoms with Gasteiger partial charge in [-0.2, -0.15) is 0 Å². The molecule has 0 spiro atoms. The number of para-hydroxylation sites is 1. The summed E-state index contributed by atoms with van der Waals surface area (Å²) >= 11 is 0. The fraction of sp³-hybridized carbons (Fsp3) is 0.467. The Morgan fingerprint density at radius 3 is 2.71 bits per heavy atom. The van der Waals surface area contributed by atoms with Gasteiger partial charge in [-0.3, -0.25) is 0 Å². The molecule has 1 saturated carbocycles. The van der Waals surface area contributed by atoms with Crippen LogP contribution in [0.4, 0.5) is 0 Å². The Balaban J connectivity index is 2.16. The van der Waals surface area contributed by atoms with Crippen LogP contribution < -0.4 is 0 Å². The van der Waals surface area contributed by atoms with E-state index in [1.165, 1.54) is 23.7 Å². The van der Waals surface area contributed by atoms with Crippen molar-refractivity contribution in [1.82, 2.24) is 4.57 Å². The third-order valence-corrected chi connectivity index (χ3v) is 3.60. The maximum atomic E-state index is 10.3. The van der Waals surface area contributed by atoms with E-state index in [0.717, 1.165) is 18.0 Å². The van der Waals surface area contributed by atoms with E-state index < -0.39 is 5.60 Å². The Morgan fingerprint density at radius 2 is 2.06 bits per heavy atom. The zero-order valence-electron chi connectivity index (χ0n) is 10.5. The first-order valence-electron chi connectivity index (χ1n) is 6.36. The number of rotatable bonds is 3. The highest BCUT2D eigenvalue weighted by Gasteiger charge is 2.25. The maximum Gasteiger partial charge on any atom is 0.0860 e. The average Bonchev–Trinajstić information content (AvgIpc) is 2.97. The third kappa shape index (κ3) is 1.98. The van der Waals surface area contributed by atoms with Crippen molar-refractivity contribution in [3.05, 3.63) is 36.0 Å². The van der Waals surface area contributed by atoms with Gasteiger partial charge in [0.25, 0.3) is 0 Å². The zero-order chi connectivity index (χ0) is 12.0. The monoisotopic (exact) mass is 229 g/mol. The van der Waals surface area contributed by atoms with E-state index in [-0.39, 0.29) is 0 Å². The van der Waals surface area contributed by atoms with Gasteiger partial charge in [0.05, 0.1) is 11.1 Å². The minimum Gasteiger partial charge on any atom is -0.386 e. The Morgan fingerprint density at radius 1 is 1.29 bits per heavy atom. The summed E-state index contributed by atoms with van der Waals surface area (Å²) in [5, 5.41) is 11.5. The molecule has 0 amide bonds. The molecule has 0 bridgehead atoms. The normalized spacial score (nSPS) is 16.6. The van der Waals surface area contributed by atoms with Crippen LogP contribution >= 0.6 is 0 Å². The van der Waals surface area contributed by atoms with Crippen molar-refractivity contribution in [2.45, 2.75) is 38.8 Å². The van der Waals surface area contributed by atoms with E-state index in [0.29, 0.717) is 0 Å². The summed E-state index contributed by atoms with van der Waals surface area (Å²) in [7, 11) is 0. The fourth-order valence-electron chi connectivity index (χ4n) is 2.49. The molecule has 1 heterocycles. The third-order valence-electron chi connectivity index (χ3n) is 3.60. The predicted molar refractivity (Wildman–Crippen MR) is 69.9 cm³/mol. The highest BCUT2D eigenvalue weighted by Crippen LogP contribution is 2.34. The van der Waals surface area contributed by atoms with Crippen LogP contribution in [-0.4, -0.2) is 9.67 Å². The summed E-state index contributed by atoms with van der Waals surface area (Å²) in [5.41, 5.74) is 1.45. The number of nitrogens with zero attached hydrogens (tertiary/aromatic N) is 1. The molecule has 1 fully saturated rings. The van der Waals surface area contributed by atoms with Gasteiger partial charge in [0, 0.05) is 18.3 Å². The number of aromatic nitrogens is 1. The van der Waals surface area contributed by atoms with Crippen molar-refractivity contribution in [1.29, 1.82) is 0 Å². The molecule has 0 saturated heterocycles. The molecule has 0 atom stereocenters. The summed E-state index contributed by atoms with van der Waals surface area (Å²) in [6, 6.07) is 8.32. The second-order valence-corrected chi connectivity index (χ2v) is 5.71. The topological polar surface area (TPSA) is 25.2 Å². The first-order valence-corrected chi connectivity index (χ1v) is 6.36. The summed E-state index contributed by atoms with van der Waals surface area (Å²) in [6.07, 6.45) is 4.85. The summed E-state index contributed by atoms with van der Waals surface area (Å²) in [4.78, 5) is 0. The van der Waals surface area contributed by atoms with Crippen molar-refractivity contribution in [2.24, 2.45) is 5.92 Å². The lowest BCUT2D eigenvalue weighted by Gasteiger charge is -2.20. The molecular formula is C15H19NO. The van der Waals surface area contributed by atoms with E-state index in [1.807, 2.05) is 26.0 Å². The highest BCUT2D eigenvalue weighted by atomic mass is 16.3. The number of aliphatic hydroxyl groups is 1. The Hall–Kier alpha value is -1.28. The molecule has 2 aromatic rings. The fourth-order valence-corrected chi connectivity index (χ4v) is 2.49. The maximum absolute atomic E-state index is 10.3. The molecular weight excluding hydrogens is 210 g/mol. The largest absolute Gasteiger partial charge is 0.386 e. The van der Waals surface area contributed by atoms with Crippen molar-refractivity contribution in [3.8, 4) is 0 Å². The zero-order valence-corrected chi connectivity index (χ0v) is 10.5. The van der Waals surface area contributed by atoms with Gasteiger partial charge in [-0.15, -0.1) is 0 Å². The summed E-state index contributed by atoms with van der Waals surface area (Å²) < 4.78 is 2.31. The van der Waals surface area contributed by atoms with Gasteiger partial charge in [0.2, 0.25) is 0 Å². The van der Waals surface area contributed by atoms with Crippen molar-refractivity contribution < 1.29 is 5.11 Å². The number of benzene rings is 1. The summed E-state index contributed by atoms with van der Waals surface area (Å²) in [5.74, 6) is 0.848. The molecule has 0 aliphatic heterocycles. The van der Waals surface area contributed by atoms with Crippen LogP contribution in [0.5, 0.6) is 0 Å². The van der Waals surface area contributed by atoms with Crippen LogP contribution in [0.1, 0.15) is 32.3 Å². The minimum atomic E-state index is -0.779. The number of hydrogen-bond donors (Lipinski definition) is 1. The molecule has 1 aliphatic rings. The van der Waals surface area contributed by atoms with Gasteiger partial charge >= 0.3 is 0 Å². The van der Waals surface area contributed by atoms with Crippen LogP contribution in [-0.2, 0) is 12.1 Å². The van der Waals surface area contributed by atoms with Gasteiger partial charge in [-0.25, -0.2) is 0 Å². The van der Waals surface area contributed by atoms with E-state index in [2.05, 4.69) is 22.9 Å². The van der Waals surface area contributed by atoms with Crippen LogP contribution in [0.3, 0.4) is 0 Å². The molecule has 0 radical (unpaired) electrons. The second kappa shape index (κ2) is 3.61. The average molecular weight is 229 g/mol. The lowest BCUT2D eigenvalue weighted by Crippen LogP contribution is -2.17. The molecule has 3 rings (SSSR count). The first kappa shape index (κ1) is 10.8. The molecule has 2 nitrogen and oxygen atoms in total. The van der Waals surface area contributed by atoms with E-state index in [4.69, 9.17) is 0 Å². The standard InChI is InChI=1S/C15H19NO/c1-15(2,17)13-5-3-4-12-8-9-16(14(12)13)10-11-6-7-11/h3-5,8-9,11,17H,6-7,10H2,1-2H3. The van der Waals surface area contributed by atoms with E-state index >= 15 is 0 Å². The van der Waals surface area contributed by atoms with Gasteiger partial charge in [0.1, 0.15) is 0 Å². The van der Waals surface area contributed by atoms with Crippen molar-refractivity contribution in [3.63, 3.8) is 0 Å². The van der Waals surface area contributed by atoms with Crippen LogP contribution in [0.15, 0.2) is 30.5 Å². The SMILES string of the molecule is CC(C)(O)c1cccc2ccn(CC3CC3)c12. The molecule has 1 aromatic carbocycles. The van der Waals surface area contributed by atoms with E-state index in [9.17, 15) is 5.11 Å². The van der Waals surface area contributed by atoms with E-state index in [1.54, 1.807) is 0 Å². The Kier molecular flexibility index (Phi) is 2.30. The number of fused-ring (bicyclic) bond motifs is 1. The molecule has 2 heteroatoms. The molecule has 17 heavy (non-hydrogen) atoms. The minimum absolute atomic E-state index is 0.779.